The van der Waals surface area contributed by atoms with E-state index < -0.39 is 18.1 Å². The van der Waals surface area contributed by atoms with Gasteiger partial charge in [-0.3, -0.25) is 14.4 Å². The Morgan fingerprint density at radius 1 is 0.667 bits per heavy atom. The minimum Gasteiger partial charge on any atom is -0.469 e. The number of nitrogens with one attached hydrogen (secondary N) is 3. The molecule has 2 aromatic heterocycles. The Morgan fingerprint density at radius 2 is 1.15 bits per heavy atom. The van der Waals surface area contributed by atoms with Gasteiger partial charge in [0.2, 0.25) is 11.8 Å². The molecule has 2 saturated heterocycles. The van der Waals surface area contributed by atoms with Gasteiger partial charge in [-0.25, -0.2) is 14.8 Å². The molecular weight excluding hydrogens is 759 g/mol. The van der Waals surface area contributed by atoms with E-state index in [1.54, 1.807) is 0 Å². The van der Waals surface area contributed by atoms with Gasteiger partial charge in [-0.1, -0.05) is 64.1 Å². The lowest BCUT2D eigenvalue weighted by Crippen LogP contribution is -2.51. The fraction of sp³-hybridized carbons (Fsp3) is 0.404. The van der Waals surface area contributed by atoms with Crippen molar-refractivity contribution in [3.05, 3.63) is 84.4 Å². The fourth-order valence-corrected chi connectivity index (χ4v) is 8.93. The molecule has 0 radical (unpaired) electrons. The van der Waals surface area contributed by atoms with E-state index >= 15 is 0 Å². The number of benzene rings is 4. The van der Waals surface area contributed by atoms with Crippen LogP contribution in [0.4, 0.5) is 4.79 Å². The Hall–Kier alpha value is -6.24. The Balaban J connectivity index is 0.993. The summed E-state index contributed by atoms with van der Waals surface area (Å²) in [6.45, 7) is 8.99. The molecule has 312 valence electrons. The smallest absolute Gasteiger partial charge is 0.407 e. The first-order valence-electron chi connectivity index (χ1n) is 21.0. The molecular formula is C47H53N7O6. The number of ether oxygens (including phenoxy) is 2. The second-order valence-electron chi connectivity index (χ2n) is 16.9. The first-order valence-corrected chi connectivity index (χ1v) is 21.0. The number of aromatic nitrogens is 4. The molecule has 2 aliphatic rings. The van der Waals surface area contributed by atoms with Gasteiger partial charge >= 0.3 is 12.1 Å². The number of imidazole rings is 2. The molecule has 60 heavy (non-hydrogen) atoms. The summed E-state index contributed by atoms with van der Waals surface area (Å²) in [5.41, 5.74) is 7.75. The summed E-state index contributed by atoms with van der Waals surface area (Å²) in [4.78, 5) is 72.1. The monoisotopic (exact) mass is 811 g/mol. The lowest BCUT2D eigenvalue weighted by atomic mass is 9.91. The summed E-state index contributed by atoms with van der Waals surface area (Å²) < 4.78 is 9.68. The van der Waals surface area contributed by atoms with Crippen LogP contribution in [0.3, 0.4) is 0 Å². The van der Waals surface area contributed by atoms with Crippen LogP contribution in [0, 0.1) is 17.8 Å². The van der Waals surface area contributed by atoms with Gasteiger partial charge in [0.25, 0.3) is 0 Å². The van der Waals surface area contributed by atoms with Crippen LogP contribution in [0.2, 0.25) is 0 Å². The van der Waals surface area contributed by atoms with Gasteiger partial charge in [0.1, 0.15) is 17.7 Å². The quantitative estimate of drug-likeness (QED) is 0.110. The van der Waals surface area contributed by atoms with Crippen molar-refractivity contribution in [2.75, 3.05) is 27.3 Å². The number of nitrogens with zero attached hydrogens (tertiary/aromatic N) is 4. The zero-order valence-electron chi connectivity index (χ0n) is 35.1. The van der Waals surface area contributed by atoms with Crippen LogP contribution >= 0.6 is 0 Å². The van der Waals surface area contributed by atoms with E-state index in [4.69, 9.17) is 19.4 Å². The number of hydrogen-bond donors (Lipinski definition) is 3. The summed E-state index contributed by atoms with van der Waals surface area (Å²) >= 11 is 0. The summed E-state index contributed by atoms with van der Waals surface area (Å²) in [5, 5.41) is 4.95. The summed E-state index contributed by atoms with van der Waals surface area (Å²) in [5.74, 6) is 0.434. The zero-order chi connectivity index (χ0) is 42.2. The third kappa shape index (κ3) is 7.92. The van der Waals surface area contributed by atoms with Crippen molar-refractivity contribution < 1.29 is 28.7 Å². The highest BCUT2D eigenvalue weighted by atomic mass is 16.5. The van der Waals surface area contributed by atoms with E-state index in [2.05, 4.69) is 75.9 Å². The fourth-order valence-electron chi connectivity index (χ4n) is 8.93. The molecule has 3 amide bonds. The summed E-state index contributed by atoms with van der Waals surface area (Å²) in [6.07, 6.45) is 2.77. The van der Waals surface area contributed by atoms with Gasteiger partial charge in [-0.15, -0.1) is 0 Å². The number of carbonyl (C=O) groups excluding carboxylic acids is 4. The number of esters is 1. The molecule has 4 atom stereocenters. The van der Waals surface area contributed by atoms with E-state index in [-0.39, 0.29) is 48.1 Å². The Bertz CT molecular complexity index is 2420. The Morgan fingerprint density at radius 3 is 1.62 bits per heavy atom. The van der Waals surface area contributed by atoms with Crippen LogP contribution in [0.1, 0.15) is 83.5 Å². The molecule has 0 aliphatic carbocycles. The second kappa shape index (κ2) is 16.8. The van der Waals surface area contributed by atoms with Crippen LogP contribution in [-0.2, 0) is 23.9 Å². The third-order valence-corrected chi connectivity index (χ3v) is 12.3. The van der Waals surface area contributed by atoms with Crippen LogP contribution in [0.15, 0.2) is 72.8 Å². The van der Waals surface area contributed by atoms with Crippen molar-refractivity contribution in [2.24, 2.45) is 17.8 Å². The van der Waals surface area contributed by atoms with E-state index in [0.29, 0.717) is 13.1 Å². The van der Waals surface area contributed by atoms with Crippen LogP contribution in [0.25, 0.3) is 55.1 Å². The average Bonchev–Trinajstić information content (AvgIpc) is 4.08. The normalized spacial score (nSPS) is 17.9. The molecule has 2 aliphatic heterocycles. The molecule has 6 aromatic rings. The van der Waals surface area contributed by atoms with E-state index in [9.17, 15) is 19.2 Å². The van der Waals surface area contributed by atoms with Crippen molar-refractivity contribution in [3.63, 3.8) is 0 Å². The largest absolute Gasteiger partial charge is 0.469 e. The standard InChI is InChI=1S/C47H53N7O6/c1-26(2)34(25-41(55)59-5)45(56)53-19-7-9-39(53)43-48-35-17-15-32(23-37(35)50-43)30-13-11-29-22-31(14-12-28(29)21-30)33-16-18-36-38(24-33)51-44(49-36)40-10-8-20-54(40)46(57)42(27(3)4)52-47(58)60-6/h11-18,21-24,26-27,34,39-40,42H,7-10,19-20,25H2,1-6H3,(H,48,50)(H,49,51)(H,52,58)/t34-,39-,40-,42-/m0/s1. The Kier molecular flexibility index (Phi) is 11.3. The van der Waals surface area contributed by atoms with Gasteiger partial charge in [0, 0.05) is 13.1 Å². The molecule has 8 rings (SSSR count). The average molecular weight is 812 g/mol. The number of H-pyrrole nitrogens is 2. The van der Waals surface area contributed by atoms with Gasteiger partial charge in [-0.2, -0.15) is 0 Å². The minimum atomic E-state index is -0.690. The number of methoxy groups -OCH3 is 2. The molecule has 13 heteroatoms. The maximum Gasteiger partial charge on any atom is 0.407 e. The highest BCUT2D eigenvalue weighted by Gasteiger charge is 2.39. The first kappa shape index (κ1) is 40.5. The van der Waals surface area contributed by atoms with Crippen molar-refractivity contribution in [1.82, 2.24) is 35.1 Å². The predicted octanol–water partition coefficient (Wildman–Crippen LogP) is 8.47. The molecule has 13 nitrogen and oxygen atoms in total. The minimum absolute atomic E-state index is 0.00286. The number of likely N-dealkylation sites (tertiary alicyclic amines) is 2. The SMILES string of the molecule is COC(=O)C[C@H](C(=O)N1CCC[C@H]1c1nc2ccc(-c3ccc4cc(-c5ccc6nc([C@@H]7CCCN7C(=O)[C@@H](NC(=O)OC)C(C)C)[nH]c6c5)ccc4c3)cc2[nH]1)C(C)C. The predicted molar refractivity (Wildman–Crippen MR) is 231 cm³/mol. The Labute approximate surface area is 349 Å². The summed E-state index contributed by atoms with van der Waals surface area (Å²) in [7, 11) is 2.65. The highest BCUT2D eigenvalue weighted by molar-refractivity contribution is 5.93. The topological polar surface area (TPSA) is 163 Å². The number of hydrogen-bond acceptors (Lipinski definition) is 8. The maximum atomic E-state index is 13.7. The van der Waals surface area contributed by atoms with Crippen LogP contribution in [0.5, 0.6) is 0 Å². The van der Waals surface area contributed by atoms with Crippen molar-refractivity contribution in [2.45, 2.75) is 77.9 Å². The molecule has 4 aromatic carbocycles. The molecule has 0 unspecified atom stereocenters. The van der Waals surface area contributed by atoms with Gasteiger partial charge < -0.3 is 34.6 Å². The van der Waals surface area contributed by atoms with E-state index in [1.807, 2.05) is 49.6 Å². The maximum absolute atomic E-state index is 13.7. The van der Waals surface area contributed by atoms with Gasteiger partial charge in [-0.05, 0) is 107 Å². The first-order chi connectivity index (χ1) is 28.9. The lowest BCUT2D eigenvalue weighted by molar-refractivity contribution is -0.148. The van der Waals surface area contributed by atoms with Crippen LogP contribution in [-0.4, -0.2) is 87.0 Å². The zero-order valence-corrected chi connectivity index (χ0v) is 35.1. The van der Waals surface area contributed by atoms with Crippen LogP contribution < -0.4 is 5.32 Å². The van der Waals surface area contributed by atoms with Crippen molar-refractivity contribution >= 4 is 56.7 Å². The summed E-state index contributed by atoms with van der Waals surface area (Å²) in [6, 6.07) is 24.3. The van der Waals surface area contributed by atoms with Gasteiger partial charge in [0.05, 0.1) is 60.7 Å². The number of rotatable bonds is 11. The lowest BCUT2D eigenvalue weighted by Gasteiger charge is -2.29. The molecule has 0 saturated carbocycles. The molecule has 0 spiro atoms. The van der Waals surface area contributed by atoms with Gasteiger partial charge in [0.15, 0.2) is 0 Å². The highest BCUT2D eigenvalue weighted by Crippen LogP contribution is 2.37. The number of carbonyl (C=O) groups is 4. The number of fused-ring (bicyclic) bond motifs is 3. The number of aromatic amines is 2. The molecule has 3 N–H and O–H groups in total. The third-order valence-electron chi connectivity index (χ3n) is 12.3. The van der Waals surface area contributed by atoms with E-state index in [1.165, 1.54) is 14.2 Å². The second-order valence-corrected chi connectivity index (χ2v) is 16.9. The van der Waals surface area contributed by atoms with E-state index in [0.717, 1.165) is 92.4 Å². The molecule has 0 bridgehead atoms. The van der Waals surface area contributed by atoms with Crippen molar-refractivity contribution in [3.8, 4) is 22.3 Å². The number of alkyl carbamates (subject to hydrolysis) is 1. The molecule has 4 heterocycles. The molecule has 2 fully saturated rings. The van der Waals surface area contributed by atoms with Crippen molar-refractivity contribution in [1.29, 1.82) is 0 Å². The number of amides is 3.